The zero-order valence-electron chi connectivity index (χ0n) is 20.0. The van der Waals surface area contributed by atoms with E-state index >= 15 is 0 Å². The van der Waals surface area contributed by atoms with Gasteiger partial charge in [-0.2, -0.15) is 0 Å². The predicted octanol–water partition coefficient (Wildman–Crippen LogP) is 3.00. The Balaban J connectivity index is 1.63. The van der Waals surface area contributed by atoms with Crippen molar-refractivity contribution < 1.29 is 24.2 Å². The number of likely N-dealkylation sites (tertiary alicyclic amines) is 1. The molecule has 1 aliphatic rings. The Morgan fingerprint density at radius 2 is 2.09 bits per heavy atom. The van der Waals surface area contributed by atoms with Crippen LogP contribution in [0, 0.1) is 13.8 Å². The number of piperidine rings is 1. The zero-order chi connectivity index (χ0) is 24.4. The van der Waals surface area contributed by atoms with Gasteiger partial charge in [0.1, 0.15) is 17.1 Å². The summed E-state index contributed by atoms with van der Waals surface area (Å²) in [5, 5.41) is 9.05. The van der Waals surface area contributed by atoms with Crippen LogP contribution in [0.15, 0.2) is 34.9 Å². The Hall–Kier alpha value is -3.81. The molecule has 1 saturated heterocycles. The van der Waals surface area contributed by atoms with Gasteiger partial charge in [-0.3, -0.25) is 15.0 Å². The number of amides is 2. The number of aryl methyl sites for hydroxylation is 1. The first kappa shape index (κ1) is 23.4. The van der Waals surface area contributed by atoms with Crippen LogP contribution < -0.4 is 15.5 Å². The fourth-order valence-electron chi connectivity index (χ4n) is 4.58. The molecule has 0 saturated carbocycles. The first-order chi connectivity index (χ1) is 16.3. The van der Waals surface area contributed by atoms with E-state index in [0.29, 0.717) is 45.1 Å². The third-order valence-corrected chi connectivity index (χ3v) is 6.45. The number of rotatable bonds is 6. The molecule has 2 aromatic heterocycles. The minimum absolute atomic E-state index is 0.0255. The van der Waals surface area contributed by atoms with Gasteiger partial charge in [-0.05, 0) is 57.7 Å². The lowest BCUT2D eigenvalue weighted by Crippen LogP contribution is -2.42. The summed E-state index contributed by atoms with van der Waals surface area (Å²) in [4.78, 5) is 30.6. The number of benzene rings is 1. The van der Waals surface area contributed by atoms with E-state index in [9.17, 15) is 9.59 Å². The number of nitrogens with zero attached hydrogens (tertiary/aromatic N) is 1. The number of carbonyl (C=O) groups excluding carboxylic acids is 2. The van der Waals surface area contributed by atoms with Gasteiger partial charge in [0.25, 0.3) is 11.8 Å². The Morgan fingerprint density at radius 1 is 1.29 bits per heavy atom. The fourth-order valence-corrected chi connectivity index (χ4v) is 4.58. The van der Waals surface area contributed by atoms with Gasteiger partial charge in [-0.1, -0.05) is 0 Å². The van der Waals surface area contributed by atoms with Crippen LogP contribution in [0.4, 0.5) is 0 Å². The lowest BCUT2D eigenvalue weighted by Gasteiger charge is -2.33. The Labute approximate surface area is 198 Å². The number of ether oxygens (including phenoxy) is 1. The molecule has 3 heterocycles. The van der Waals surface area contributed by atoms with E-state index in [0.717, 1.165) is 31.4 Å². The molecule has 0 bridgehead atoms. The van der Waals surface area contributed by atoms with Crippen LogP contribution in [-0.2, 0) is 0 Å². The number of aromatic amines is 1. The quantitative estimate of drug-likeness (QED) is 0.385. The van der Waals surface area contributed by atoms with Crippen LogP contribution in [0.25, 0.3) is 16.7 Å². The normalized spacial score (nSPS) is 16.5. The molecular formula is C26H31N4O4+. The first-order valence-electron chi connectivity index (χ1n) is 11.5. The van der Waals surface area contributed by atoms with E-state index in [2.05, 4.69) is 17.2 Å². The maximum Gasteiger partial charge on any atom is 0.255 e. The van der Waals surface area contributed by atoms with Crippen LogP contribution in [-0.4, -0.2) is 47.5 Å². The fraction of sp³-hybridized carbons (Fsp3) is 0.346. The van der Waals surface area contributed by atoms with Crippen LogP contribution in [0.2, 0.25) is 0 Å². The summed E-state index contributed by atoms with van der Waals surface area (Å²) in [5.74, 6) is 1.35. The van der Waals surface area contributed by atoms with Gasteiger partial charge in [-0.25, -0.2) is 0 Å². The molecule has 34 heavy (non-hydrogen) atoms. The highest BCUT2D eigenvalue weighted by molar-refractivity contribution is 6.07. The van der Waals surface area contributed by atoms with Gasteiger partial charge in [-0.15, -0.1) is 0 Å². The number of furan rings is 1. The van der Waals surface area contributed by atoms with Crippen molar-refractivity contribution >= 4 is 34.8 Å². The van der Waals surface area contributed by atoms with Gasteiger partial charge in [0.15, 0.2) is 12.0 Å². The minimum Gasteiger partial charge on any atom is -0.460 e. The summed E-state index contributed by atoms with van der Waals surface area (Å²) in [5.41, 5.74) is 3.15. The minimum atomic E-state index is -0.203. The summed E-state index contributed by atoms with van der Waals surface area (Å²) < 4.78 is 12.0. The Bertz CT molecular complexity index is 1280. The average Bonchev–Trinajstić information content (AvgIpc) is 3.36. The molecule has 178 valence electrons. The van der Waals surface area contributed by atoms with Crippen molar-refractivity contribution in [1.29, 1.82) is 0 Å². The summed E-state index contributed by atoms with van der Waals surface area (Å²) in [7, 11) is 1.59. The number of allylic oxidation sites excluding steroid dienone is 1. The lowest BCUT2D eigenvalue weighted by atomic mass is 10.0. The van der Waals surface area contributed by atoms with Crippen molar-refractivity contribution in [3.8, 4) is 5.75 Å². The second-order valence-corrected chi connectivity index (χ2v) is 8.64. The number of hydrogen-bond donors (Lipinski definition) is 3. The van der Waals surface area contributed by atoms with Crippen molar-refractivity contribution in [2.24, 2.45) is 0 Å². The molecule has 1 fully saturated rings. The number of nitrogens with two attached hydrogens (primary N) is 1. The second-order valence-electron chi connectivity index (χ2n) is 8.64. The summed E-state index contributed by atoms with van der Waals surface area (Å²) in [6.45, 7) is 6.52. The smallest absolute Gasteiger partial charge is 0.255 e. The SMILES string of the molecule is CNC(=O)c1c(C)oc2cc(O/C(=C/C=[NH2+])c3[nH]cc(C(=O)N4CCCC[C@@H]4C)c3C)ccc12. The van der Waals surface area contributed by atoms with Gasteiger partial charge in [0.2, 0.25) is 0 Å². The molecule has 8 nitrogen and oxygen atoms in total. The summed E-state index contributed by atoms with van der Waals surface area (Å²) in [6.07, 6.45) is 7.97. The van der Waals surface area contributed by atoms with Crippen LogP contribution in [0.5, 0.6) is 5.75 Å². The highest BCUT2D eigenvalue weighted by atomic mass is 16.5. The Kier molecular flexibility index (Phi) is 6.58. The van der Waals surface area contributed by atoms with Crippen molar-refractivity contribution in [3.05, 3.63) is 58.6 Å². The summed E-state index contributed by atoms with van der Waals surface area (Å²) in [6, 6.07) is 5.53. The number of aromatic nitrogens is 1. The first-order valence-corrected chi connectivity index (χ1v) is 11.5. The monoisotopic (exact) mass is 463 g/mol. The summed E-state index contributed by atoms with van der Waals surface area (Å²) >= 11 is 0. The van der Waals surface area contributed by atoms with E-state index in [1.807, 2.05) is 11.8 Å². The van der Waals surface area contributed by atoms with Crippen LogP contribution in [0.1, 0.15) is 63.9 Å². The third kappa shape index (κ3) is 4.23. The molecule has 2 amide bonds. The standard InChI is InChI=1S/C26H30N4O4/c1-15-7-5-6-12-30(15)26(32)20-14-29-24(16(20)2)21(10-11-27)34-18-8-9-19-22(13-18)33-17(3)23(19)25(31)28-4/h8-11,13-15,27,29H,5-7,12H2,1-4H3,(H,28,31)/p+1/b21-10+,27-11?/t15-/m0/s1. The van der Waals surface area contributed by atoms with Crippen LogP contribution in [0.3, 0.4) is 0 Å². The topological polar surface area (TPSA) is 113 Å². The second kappa shape index (κ2) is 9.59. The molecule has 8 heteroatoms. The average molecular weight is 464 g/mol. The maximum absolute atomic E-state index is 13.2. The molecule has 0 radical (unpaired) electrons. The molecule has 0 unspecified atom stereocenters. The molecule has 1 aliphatic heterocycles. The van der Waals surface area contributed by atoms with E-state index in [4.69, 9.17) is 14.6 Å². The van der Waals surface area contributed by atoms with Crippen LogP contribution >= 0.6 is 0 Å². The maximum atomic E-state index is 13.2. The highest BCUT2D eigenvalue weighted by Gasteiger charge is 2.27. The molecule has 4 N–H and O–H groups in total. The number of hydrogen-bond acceptors (Lipinski definition) is 4. The predicted molar refractivity (Wildman–Crippen MR) is 131 cm³/mol. The van der Waals surface area contributed by atoms with Crippen molar-refractivity contribution in [1.82, 2.24) is 15.2 Å². The van der Waals surface area contributed by atoms with Gasteiger partial charge in [0, 0.05) is 43.4 Å². The molecule has 1 aromatic carbocycles. The Morgan fingerprint density at radius 3 is 2.79 bits per heavy atom. The number of nitrogens with one attached hydrogen (secondary N) is 2. The molecule has 4 rings (SSSR count). The number of fused-ring (bicyclic) bond motifs is 1. The lowest BCUT2D eigenvalue weighted by molar-refractivity contribution is -0.104. The zero-order valence-corrected chi connectivity index (χ0v) is 20.0. The van der Waals surface area contributed by atoms with Crippen molar-refractivity contribution in [2.75, 3.05) is 13.6 Å². The highest BCUT2D eigenvalue weighted by Crippen LogP contribution is 2.32. The molecular weight excluding hydrogens is 432 g/mol. The van der Waals surface area contributed by atoms with Gasteiger partial charge in [0.05, 0.1) is 16.8 Å². The van der Waals surface area contributed by atoms with E-state index in [1.165, 1.54) is 6.21 Å². The van der Waals surface area contributed by atoms with Crippen molar-refractivity contribution in [2.45, 2.75) is 46.1 Å². The van der Waals surface area contributed by atoms with E-state index in [1.54, 1.807) is 44.4 Å². The van der Waals surface area contributed by atoms with Gasteiger partial charge >= 0.3 is 0 Å². The largest absolute Gasteiger partial charge is 0.460 e. The molecule has 1 atom stereocenters. The molecule has 0 spiro atoms. The molecule has 3 aromatic rings. The van der Waals surface area contributed by atoms with E-state index < -0.39 is 0 Å². The van der Waals surface area contributed by atoms with Gasteiger partial charge < -0.3 is 24.4 Å². The van der Waals surface area contributed by atoms with Crippen molar-refractivity contribution in [3.63, 3.8) is 0 Å². The number of carbonyl (C=O) groups is 2. The number of H-pyrrole nitrogens is 1. The van der Waals surface area contributed by atoms with E-state index in [-0.39, 0.29) is 17.9 Å². The third-order valence-electron chi connectivity index (χ3n) is 6.45. The molecule has 0 aliphatic carbocycles.